The standard InChI is InChI=1S/C22H24N2O2S2/c1-14-21-19(18-5-3-4-6-20(18)23-21)11-16(12-25)24(14)22(27)28-13-15-7-9-17(26-2)10-8-15/h3-10,14,16,23,25H,11-13H2,1-2H3/t14-,16-/m0/s1. The van der Waals surface area contributed by atoms with Gasteiger partial charge in [-0.3, -0.25) is 0 Å². The van der Waals surface area contributed by atoms with Gasteiger partial charge in [-0.1, -0.05) is 54.3 Å². The number of aromatic nitrogens is 1. The number of H-pyrrole nitrogens is 1. The van der Waals surface area contributed by atoms with Gasteiger partial charge in [-0.2, -0.15) is 0 Å². The Labute approximate surface area is 174 Å². The van der Waals surface area contributed by atoms with E-state index >= 15 is 0 Å². The van der Waals surface area contributed by atoms with Crippen LogP contribution in [0.4, 0.5) is 0 Å². The number of benzene rings is 2. The van der Waals surface area contributed by atoms with Gasteiger partial charge in [0, 0.05) is 22.3 Å². The number of methoxy groups -OCH3 is 1. The first-order valence-electron chi connectivity index (χ1n) is 9.40. The Kier molecular flexibility index (Phi) is 5.62. The number of thioether (sulfide) groups is 1. The summed E-state index contributed by atoms with van der Waals surface area (Å²) in [7, 11) is 1.67. The number of hydrogen-bond donors (Lipinski definition) is 2. The Morgan fingerprint density at radius 2 is 2.00 bits per heavy atom. The topological polar surface area (TPSA) is 48.5 Å². The second-order valence-electron chi connectivity index (χ2n) is 7.09. The van der Waals surface area contributed by atoms with Gasteiger partial charge in [0.2, 0.25) is 0 Å². The minimum Gasteiger partial charge on any atom is -0.497 e. The molecule has 0 saturated carbocycles. The third-order valence-electron chi connectivity index (χ3n) is 5.46. The molecule has 0 fully saturated rings. The van der Waals surface area contributed by atoms with Crippen LogP contribution in [0.1, 0.15) is 29.8 Å². The monoisotopic (exact) mass is 412 g/mol. The minimum atomic E-state index is -0.00225. The lowest BCUT2D eigenvalue weighted by Crippen LogP contribution is -2.46. The fourth-order valence-corrected chi connectivity index (χ4v) is 5.41. The smallest absolute Gasteiger partial charge is 0.137 e. The van der Waals surface area contributed by atoms with Crippen LogP contribution in [-0.2, 0) is 12.2 Å². The van der Waals surface area contributed by atoms with Crippen LogP contribution in [0.3, 0.4) is 0 Å². The highest BCUT2D eigenvalue weighted by Crippen LogP contribution is 2.38. The van der Waals surface area contributed by atoms with Gasteiger partial charge in [-0.25, -0.2) is 0 Å². The van der Waals surface area contributed by atoms with Crippen molar-refractivity contribution in [3.8, 4) is 5.75 Å². The van der Waals surface area contributed by atoms with Gasteiger partial charge < -0.3 is 19.7 Å². The number of fused-ring (bicyclic) bond motifs is 3. The highest BCUT2D eigenvalue weighted by Gasteiger charge is 2.35. The van der Waals surface area contributed by atoms with Crippen LogP contribution in [0.15, 0.2) is 48.5 Å². The summed E-state index contributed by atoms with van der Waals surface area (Å²) in [6.45, 7) is 2.25. The number of aliphatic hydroxyl groups is 1. The Morgan fingerprint density at radius 1 is 1.25 bits per heavy atom. The molecule has 2 aromatic carbocycles. The number of para-hydroxylation sites is 1. The predicted molar refractivity (Wildman–Crippen MR) is 120 cm³/mol. The summed E-state index contributed by atoms with van der Waals surface area (Å²) in [5, 5.41) is 11.3. The van der Waals surface area contributed by atoms with Crippen molar-refractivity contribution in [2.24, 2.45) is 0 Å². The predicted octanol–water partition coefficient (Wildman–Crippen LogP) is 4.67. The number of ether oxygens (including phenoxy) is 1. The van der Waals surface area contributed by atoms with Gasteiger partial charge in [0.25, 0.3) is 0 Å². The molecular weight excluding hydrogens is 388 g/mol. The SMILES string of the molecule is COc1ccc(CSC(=S)N2[C@H](CO)Cc3c([nH]c4ccccc34)[C@@H]2C)cc1. The molecule has 146 valence electrons. The Morgan fingerprint density at radius 3 is 2.71 bits per heavy atom. The summed E-state index contributed by atoms with van der Waals surface area (Å²) < 4.78 is 6.04. The van der Waals surface area contributed by atoms with Crippen molar-refractivity contribution in [2.75, 3.05) is 13.7 Å². The quantitative estimate of drug-likeness (QED) is 0.610. The van der Waals surface area contributed by atoms with E-state index in [1.807, 2.05) is 18.2 Å². The van der Waals surface area contributed by atoms with Crippen molar-refractivity contribution >= 4 is 39.2 Å². The number of aliphatic hydroxyl groups excluding tert-OH is 1. The highest BCUT2D eigenvalue weighted by atomic mass is 32.2. The minimum absolute atomic E-state index is 0.00225. The molecule has 4 rings (SSSR count). The number of nitrogens with zero attached hydrogens (tertiary/aromatic N) is 1. The van der Waals surface area contributed by atoms with Crippen molar-refractivity contribution in [1.29, 1.82) is 0 Å². The Hall–Kier alpha value is -2.02. The van der Waals surface area contributed by atoms with Crippen molar-refractivity contribution in [2.45, 2.75) is 31.2 Å². The van der Waals surface area contributed by atoms with Gasteiger partial charge in [0.15, 0.2) is 0 Å². The molecule has 6 heteroatoms. The number of thiocarbonyl (C=S) groups is 1. The zero-order chi connectivity index (χ0) is 19.7. The number of hydrogen-bond acceptors (Lipinski definition) is 4. The van der Waals surface area contributed by atoms with Gasteiger partial charge in [0.05, 0.1) is 25.8 Å². The third-order valence-corrected chi connectivity index (χ3v) is 6.96. The molecule has 1 aliphatic heterocycles. The Balaban J connectivity index is 1.54. The van der Waals surface area contributed by atoms with E-state index in [9.17, 15) is 5.11 Å². The molecule has 0 spiro atoms. The van der Waals surface area contributed by atoms with Crippen LogP contribution >= 0.6 is 24.0 Å². The fraction of sp³-hybridized carbons (Fsp3) is 0.318. The number of rotatable bonds is 4. The van der Waals surface area contributed by atoms with E-state index in [-0.39, 0.29) is 18.7 Å². The van der Waals surface area contributed by atoms with E-state index < -0.39 is 0 Å². The average Bonchev–Trinajstić information content (AvgIpc) is 3.11. The van der Waals surface area contributed by atoms with Gasteiger partial charge >= 0.3 is 0 Å². The molecule has 0 saturated heterocycles. The summed E-state index contributed by atoms with van der Waals surface area (Å²) in [5.74, 6) is 1.65. The second-order valence-corrected chi connectivity index (χ2v) is 8.70. The lowest BCUT2D eigenvalue weighted by Gasteiger charge is -2.41. The summed E-state index contributed by atoms with van der Waals surface area (Å²) in [6.07, 6.45) is 0.795. The third kappa shape index (κ3) is 3.52. The molecule has 0 amide bonds. The van der Waals surface area contributed by atoms with Crippen molar-refractivity contribution in [3.63, 3.8) is 0 Å². The molecule has 0 unspecified atom stereocenters. The summed E-state index contributed by atoms with van der Waals surface area (Å²) >= 11 is 7.44. The molecule has 3 aromatic rings. The molecule has 2 N–H and O–H groups in total. The molecule has 2 atom stereocenters. The molecular formula is C22H24N2O2S2. The van der Waals surface area contributed by atoms with E-state index in [1.165, 1.54) is 22.2 Å². The van der Waals surface area contributed by atoms with E-state index in [2.05, 4.69) is 47.1 Å². The maximum atomic E-state index is 10.1. The lowest BCUT2D eigenvalue weighted by molar-refractivity contribution is 0.146. The summed E-state index contributed by atoms with van der Waals surface area (Å²) in [6, 6.07) is 16.5. The van der Waals surface area contributed by atoms with E-state index in [0.717, 1.165) is 27.8 Å². The molecule has 1 aromatic heterocycles. The fourth-order valence-electron chi connectivity index (χ4n) is 3.99. The molecule has 1 aliphatic rings. The second kappa shape index (κ2) is 8.15. The van der Waals surface area contributed by atoms with Crippen LogP contribution in [-0.4, -0.2) is 39.1 Å². The average molecular weight is 413 g/mol. The van der Waals surface area contributed by atoms with E-state index in [0.29, 0.717) is 0 Å². The van der Waals surface area contributed by atoms with Gasteiger partial charge in [-0.15, -0.1) is 0 Å². The maximum absolute atomic E-state index is 10.1. The van der Waals surface area contributed by atoms with Crippen molar-refractivity contribution in [1.82, 2.24) is 9.88 Å². The molecule has 0 bridgehead atoms. The Bertz CT molecular complexity index is 984. The van der Waals surface area contributed by atoms with Crippen molar-refractivity contribution < 1.29 is 9.84 Å². The highest BCUT2D eigenvalue weighted by molar-refractivity contribution is 8.22. The first-order valence-corrected chi connectivity index (χ1v) is 10.8. The van der Waals surface area contributed by atoms with E-state index in [1.54, 1.807) is 18.9 Å². The van der Waals surface area contributed by atoms with Crippen LogP contribution in [0.5, 0.6) is 5.75 Å². The van der Waals surface area contributed by atoms with Crippen LogP contribution < -0.4 is 4.74 Å². The van der Waals surface area contributed by atoms with Crippen molar-refractivity contribution in [3.05, 3.63) is 65.4 Å². The van der Waals surface area contributed by atoms with Crippen LogP contribution in [0.25, 0.3) is 10.9 Å². The molecule has 0 aliphatic carbocycles. The summed E-state index contributed by atoms with van der Waals surface area (Å²) in [5.41, 5.74) is 4.86. The van der Waals surface area contributed by atoms with Crippen LogP contribution in [0, 0.1) is 0 Å². The molecule has 0 radical (unpaired) electrons. The number of aromatic amines is 1. The lowest BCUT2D eigenvalue weighted by atomic mass is 9.93. The van der Waals surface area contributed by atoms with Crippen LogP contribution in [0.2, 0.25) is 0 Å². The van der Waals surface area contributed by atoms with Gasteiger partial charge in [-0.05, 0) is 42.7 Å². The normalized spacial score (nSPS) is 18.9. The molecule has 2 heterocycles. The van der Waals surface area contributed by atoms with E-state index in [4.69, 9.17) is 17.0 Å². The molecule has 4 nitrogen and oxygen atoms in total. The number of nitrogens with one attached hydrogen (secondary N) is 1. The zero-order valence-electron chi connectivity index (χ0n) is 16.0. The first kappa shape index (κ1) is 19.3. The largest absolute Gasteiger partial charge is 0.497 e. The molecule has 28 heavy (non-hydrogen) atoms. The zero-order valence-corrected chi connectivity index (χ0v) is 17.6. The maximum Gasteiger partial charge on any atom is 0.137 e. The summed E-state index contributed by atoms with van der Waals surface area (Å²) in [4.78, 5) is 5.77. The first-order chi connectivity index (χ1) is 13.6. The van der Waals surface area contributed by atoms with Gasteiger partial charge in [0.1, 0.15) is 10.1 Å².